The van der Waals surface area contributed by atoms with Gasteiger partial charge in [0.1, 0.15) is 5.15 Å². The lowest BCUT2D eigenvalue weighted by atomic mass is 10.0. The summed E-state index contributed by atoms with van der Waals surface area (Å²) in [6.45, 7) is 4.19. The Morgan fingerprint density at radius 3 is 2.41 bits per heavy atom. The maximum atomic E-state index is 6.50. The Bertz CT molecular complexity index is 1180. The molecule has 0 fully saturated rings. The molecule has 0 bridgehead atoms. The smallest absolute Gasteiger partial charge is 0.222 e. The van der Waals surface area contributed by atoms with Gasteiger partial charge in [-0.05, 0) is 47.9 Å². The summed E-state index contributed by atoms with van der Waals surface area (Å²) in [6, 6.07) is 19.8. The lowest BCUT2D eigenvalue weighted by molar-refractivity contribution is 0.823. The van der Waals surface area contributed by atoms with Gasteiger partial charge in [-0.15, -0.1) is 0 Å². The minimum atomic E-state index is 0.210. The second-order valence-corrected chi connectivity index (χ2v) is 8.05. The minimum Gasteiger partial charge on any atom is -0.368 e. The molecular formula is C22H19BrClN5. The molecule has 5 nitrogen and oxygen atoms in total. The molecule has 4 rings (SSSR count). The van der Waals surface area contributed by atoms with Gasteiger partial charge in [-0.2, -0.15) is 4.98 Å². The highest BCUT2D eigenvalue weighted by Crippen LogP contribution is 2.36. The van der Waals surface area contributed by atoms with E-state index < -0.39 is 0 Å². The summed E-state index contributed by atoms with van der Waals surface area (Å²) in [5.41, 5.74) is 10.4. The van der Waals surface area contributed by atoms with E-state index in [0.29, 0.717) is 16.9 Å². The highest BCUT2D eigenvalue weighted by atomic mass is 79.9. The number of rotatable bonds is 4. The van der Waals surface area contributed by atoms with Crippen molar-refractivity contribution in [3.63, 3.8) is 0 Å². The molecule has 0 aliphatic rings. The average Bonchev–Trinajstić information content (AvgIpc) is 2.73. The van der Waals surface area contributed by atoms with Gasteiger partial charge in [-0.3, -0.25) is 3.93 Å². The van der Waals surface area contributed by atoms with Gasteiger partial charge in [0.15, 0.2) is 5.82 Å². The topological polar surface area (TPSA) is 67.9 Å². The van der Waals surface area contributed by atoms with Crippen molar-refractivity contribution in [2.24, 2.45) is 0 Å². The van der Waals surface area contributed by atoms with Crippen molar-refractivity contribution in [3.05, 3.63) is 71.5 Å². The first kappa shape index (κ1) is 19.6. The predicted octanol–water partition coefficient (Wildman–Crippen LogP) is 6.50. The molecule has 0 atom stereocenters. The molecule has 2 aromatic heterocycles. The van der Waals surface area contributed by atoms with E-state index in [1.54, 1.807) is 0 Å². The second-order valence-electron chi connectivity index (χ2n) is 6.98. The summed E-state index contributed by atoms with van der Waals surface area (Å²) in [6.07, 6.45) is 0. The van der Waals surface area contributed by atoms with Crippen LogP contribution in [0, 0.1) is 0 Å². The van der Waals surface area contributed by atoms with E-state index in [0.717, 1.165) is 33.4 Å². The first-order valence-electron chi connectivity index (χ1n) is 9.19. The number of nitrogens with zero attached hydrogens (tertiary/aromatic N) is 4. The third-order valence-electron chi connectivity index (χ3n) is 4.63. The van der Waals surface area contributed by atoms with Crippen LogP contribution in [-0.2, 0) is 0 Å². The maximum absolute atomic E-state index is 6.50. The monoisotopic (exact) mass is 467 g/mol. The number of para-hydroxylation sites is 1. The number of fused-ring (bicyclic) bond motifs is 1. The molecule has 29 heavy (non-hydrogen) atoms. The van der Waals surface area contributed by atoms with Crippen LogP contribution in [0.15, 0.2) is 60.7 Å². The van der Waals surface area contributed by atoms with Crippen LogP contribution in [-0.4, -0.2) is 15.0 Å². The maximum Gasteiger partial charge on any atom is 0.222 e. The van der Waals surface area contributed by atoms with Gasteiger partial charge in [0.25, 0.3) is 0 Å². The molecule has 0 spiro atoms. The van der Waals surface area contributed by atoms with Crippen molar-refractivity contribution in [2.75, 3.05) is 9.66 Å². The molecule has 0 amide bonds. The van der Waals surface area contributed by atoms with Crippen molar-refractivity contribution in [2.45, 2.75) is 19.8 Å². The summed E-state index contributed by atoms with van der Waals surface area (Å²) in [7, 11) is 0. The molecule has 0 saturated heterocycles. The molecule has 2 aromatic carbocycles. The molecule has 146 valence electrons. The summed E-state index contributed by atoms with van der Waals surface area (Å²) in [5.74, 6) is 1.18. The van der Waals surface area contributed by atoms with Gasteiger partial charge in [0.2, 0.25) is 5.95 Å². The van der Waals surface area contributed by atoms with Crippen molar-refractivity contribution in [3.8, 4) is 11.1 Å². The normalized spacial score (nSPS) is 11.2. The number of pyridine rings is 1. The minimum absolute atomic E-state index is 0.210. The highest BCUT2D eigenvalue weighted by molar-refractivity contribution is 9.10. The van der Waals surface area contributed by atoms with Crippen LogP contribution in [0.5, 0.6) is 0 Å². The Balaban J connectivity index is 1.86. The van der Waals surface area contributed by atoms with E-state index in [1.807, 2.05) is 64.6 Å². The van der Waals surface area contributed by atoms with E-state index >= 15 is 0 Å². The van der Waals surface area contributed by atoms with Crippen LogP contribution >= 0.6 is 27.7 Å². The fourth-order valence-corrected chi connectivity index (χ4v) is 3.89. The fraction of sp³-hybridized carbons (Fsp3) is 0.136. The Morgan fingerprint density at radius 2 is 1.72 bits per heavy atom. The van der Waals surface area contributed by atoms with Crippen LogP contribution in [0.2, 0.25) is 5.15 Å². The van der Waals surface area contributed by atoms with Crippen LogP contribution < -0.4 is 9.66 Å². The molecule has 0 unspecified atom stereocenters. The third kappa shape index (κ3) is 3.91. The second kappa shape index (κ2) is 7.97. The summed E-state index contributed by atoms with van der Waals surface area (Å²) in [4.78, 5) is 13.4. The molecule has 7 heteroatoms. The molecule has 0 aliphatic carbocycles. The number of hydrogen-bond donors (Lipinski definition) is 1. The number of anilines is 3. The lowest BCUT2D eigenvalue weighted by Gasteiger charge is -2.18. The quantitative estimate of drug-likeness (QED) is 0.273. The average molecular weight is 469 g/mol. The van der Waals surface area contributed by atoms with E-state index in [-0.39, 0.29) is 5.95 Å². The highest BCUT2D eigenvalue weighted by Gasteiger charge is 2.16. The standard InChI is InChI=1S/C22H19BrClN5/c1-13(2)18-11-9-16(20(24)26-18)14-8-10-19-17(12-14)21(28-22(25)27-19)29(23)15-6-4-3-5-7-15/h3-13H,1-2H3,(H2,25,27,28). The number of benzene rings is 2. The number of aromatic nitrogens is 3. The van der Waals surface area contributed by atoms with Gasteiger partial charge in [0.05, 0.1) is 27.4 Å². The van der Waals surface area contributed by atoms with Gasteiger partial charge in [-0.1, -0.05) is 49.7 Å². The Kier molecular flexibility index (Phi) is 5.39. The van der Waals surface area contributed by atoms with Gasteiger partial charge in [-0.25, -0.2) is 9.97 Å². The molecular weight excluding hydrogens is 450 g/mol. The Labute approximate surface area is 182 Å². The molecule has 2 heterocycles. The van der Waals surface area contributed by atoms with Gasteiger partial charge in [0, 0.05) is 16.6 Å². The number of hydrogen-bond acceptors (Lipinski definition) is 5. The number of nitrogen functional groups attached to an aromatic ring is 1. The zero-order valence-electron chi connectivity index (χ0n) is 16.0. The SMILES string of the molecule is CC(C)c1ccc(-c2ccc3nc(N)nc(N(Br)c4ccccc4)c3c2)c(Cl)n1. The van der Waals surface area contributed by atoms with Crippen molar-refractivity contribution in [1.29, 1.82) is 0 Å². The van der Waals surface area contributed by atoms with Crippen molar-refractivity contribution < 1.29 is 0 Å². The number of nitrogens with two attached hydrogens (primary N) is 1. The molecule has 0 aliphatic heterocycles. The first-order valence-corrected chi connectivity index (χ1v) is 10.3. The van der Waals surface area contributed by atoms with E-state index in [1.165, 1.54) is 0 Å². The lowest BCUT2D eigenvalue weighted by Crippen LogP contribution is -2.07. The van der Waals surface area contributed by atoms with E-state index in [9.17, 15) is 0 Å². The molecule has 0 saturated carbocycles. The summed E-state index contributed by atoms with van der Waals surface area (Å²) >= 11 is 10.1. The van der Waals surface area contributed by atoms with Crippen LogP contribution in [0.3, 0.4) is 0 Å². The first-order chi connectivity index (χ1) is 13.9. The largest absolute Gasteiger partial charge is 0.368 e. The molecule has 2 N–H and O–H groups in total. The Hall–Kier alpha value is -2.70. The predicted molar refractivity (Wildman–Crippen MR) is 124 cm³/mol. The zero-order valence-corrected chi connectivity index (χ0v) is 18.3. The van der Waals surface area contributed by atoms with Crippen molar-refractivity contribution >= 4 is 56.1 Å². The van der Waals surface area contributed by atoms with Crippen LogP contribution in [0.25, 0.3) is 22.0 Å². The molecule has 4 aromatic rings. The summed E-state index contributed by atoms with van der Waals surface area (Å²) < 4.78 is 1.82. The van der Waals surface area contributed by atoms with Gasteiger partial charge < -0.3 is 5.73 Å². The summed E-state index contributed by atoms with van der Waals surface area (Å²) in [5, 5.41) is 1.33. The van der Waals surface area contributed by atoms with Gasteiger partial charge >= 0.3 is 0 Å². The fourth-order valence-electron chi connectivity index (χ4n) is 3.11. The number of halogens is 2. The van der Waals surface area contributed by atoms with Crippen LogP contribution in [0.4, 0.5) is 17.5 Å². The molecule has 0 radical (unpaired) electrons. The van der Waals surface area contributed by atoms with E-state index in [2.05, 4.69) is 44.9 Å². The Morgan fingerprint density at radius 1 is 0.966 bits per heavy atom. The van der Waals surface area contributed by atoms with E-state index in [4.69, 9.17) is 17.3 Å². The van der Waals surface area contributed by atoms with Crippen LogP contribution in [0.1, 0.15) is 25.5 Å². The zero-order chi connectivity index (χ0) is 20.5. The van der Waals surface area contributed by atoms with Crippen molar-refractivity contribution in [1.82, 2.24) is 15.0 Å². The third-order valence-corrected chi connectivity index (χ3v) is 5.67.